The van der Waals surface area contributed by atoms with Crippen LogP contribution in [-0.2, 0) is 9.59 Å². The number of piperazine rings is 1. The molecule has 4 heteroatoms. The molecular formula is C15H22N2O2. The van der Waals surface area contributed by atoms with Gasteiger partial charge < -0.3 is 9.80 Å². The summed E-state index contributed by atoms with van der Waals surface area (Å²) < 4.78 is 0. The van der Waals surface area contributed by atoms with Crippen LogP contribution in [-0.4, -0.2) is 46.3 Å². The lowest BCUT2D eigenvalue weighted by molar-refractivity contribution is -0.162. The molecule has 4 rings (SSSR count). The molecule has 4 nitrogen and oxygen atoms in total. The fourth-order valence-electron chi connectivity index (χ4n) is 5.01. The van der Waals surface area contributed by atoms with Crippen LogP contribution in [0.3, 0.4) is 0 Å². The average molecular weight is 262 g/mol. The summed E-state index contributed by atoms with van der Waals surface area (Å²) in [5.41, 5.74) is 0. The Bertz CT molecular complexity index is 436. The molecule has 4 aliphatic rings. The molecule has 0 radical (unpaired) electrons. The molecular weight excluding hydrogens is 240 g/mol. The number of rotatable bonds is 1. The molecule has 5 unspecified atom stereocenters. The SMILES string of the molecule is CC1C(=O)N2CCCC2C(=O)N1C1CC2CCC1C2. The second-order valence-corrected chi connectivity index (χ2v) is 6.85. The van der Waals surface area contributed by atoms with Crippen LogP contribution in [0.15, 0.2) is 0 Å². The van der Waals surface area contributed by atoms with Gasteiger partial charge in [-0.05, 0) is 50.9 Å². The number of hydrogen-bond donors (Lipinski definition) is 0. The van der Waals surface area contributed by atoms with Gasteiger partial charge in [0.15, 0.2) is 0 Å². The standard InChI is InChI=1S/C15H22N2O2/c1-9-14(18)16-6-2-3-12(16)15(19)17(9)13-8-10-4-5-11(13)7-10/h9-13H,2-8H2,1H3. The average Bonchev–Trinajstić information content (AvgIpc) is 3.11. The van der Waals surface area contributed by atoms with Gasteiger partial charge in [0, 0.05) is 12.6 Å². The minimum absolute atomic E-state index is 0.136. The van der Waals surface area contributed by atoms with E-state index in [1.54, 1.807) is 0 Å². The van der Waals surface area contributed by atoms with Crippen LogP contribution in [0, 0.1) is 11.8 Å². The van der Waals surface area contributed by atoms with Crippen LogP contribution in [0.2, 0.25) is 0 Å². The first-order chi connectivity index (χ1) is 9.16. The number of fused-ring (bicyclic) bond motifs is 3. The fourth-order valence-corrected chi connectivity index (χ4v) is 5.01. The first-order valence-electron chi connectivity index (χ1n) is 7.79. The number of carbonyl (C=O) groups is 2. The van der Waals surface area contributed by atoms with Crippen molar-refractivity contribution in [3.63, 3.8) is 0 Å². The predicted molar refractivity (Wildman–Crippen MR) is 70.3 cm³/mol. The highest BCUT2D eigenvalue weighted by atomic mass is 16.2. The van der Waals surface area contributed by atoms with E-state index in [2.05, 4.69) is 0 Å². The molecule has 2 aliphatic carbocycles. The molecule has 2 amide bonds. The molecule has 0 aromatic heterocycles. The highest BCUT2D eigenvalue weighted by Gasteiger charge is 2.52. The first-order valence-corrected chi connectivity index (χ1v) is 7.79. The van der Waals surface area contributed by atoms with Gasteiger partial charge in [0.05, 0.1) is 0 Å². The topological polar surface area (TPSA) is 40.6 Å². The summed E-state index contributed by atoms with van der Waals surface area (Å²) in [6, 6.07) is -0.0121. The molecule has 2 aliphatic heterocycles. The molecule has 0 N–H and O–H groups in total. The monoisotopic (exact) mass is 262 g/mol. The summed E-state index contributed by atoms with van der Waals surface area (Å²) in [7, 11) is 0. The highest BCUT2D eigenvalue weighted by Crippen LogP contribution is 2.48. The summed E-state index contributed by atoms with van der Waals surface area (Å²) in [6.45, 7) is 2.71. The fraction of sp³-hybridized carbons (Fsp3) is 0.867. The van der Waals surface area contributed by atoms with Crippen LogP contribution in [0.5, 0.6) is 0 Å². The van der Waals surface area contributed by atoms with Crippen LogP contribution >= 0.6 is 0 Å². The van der Waals surface area contributed by atoms with E-state index >= 15 is 0 Å². The van der Waals surface area contributed by atoms with Gasteiger partial charge in [0.2, 0.25) is 11.8 Å². The van der Waals surface area contributed by atoms with Crippen LogP contribution < -0.4 is 0 Å². The maximum atomic E-state index is 12.8. The molecule has 19 heavy (non-hydrogen) atoms. The van der Waals surface area contributed by atoms with Crippen molar-refractivity contribution in [1.82, 2.24) is 9.80 Å². The van der Waals surface area contributed by atoms with Crippen molar-refractivity contribution in [2.45, 2.75) is 63.6 Å². The molecule has 4 fully saturated rings. The van der Waals surface area contributed by atoms with Crippen molar-refractivity contribution in [1.29, 1.82) is 0 Å². The zero-order chi connectivity index (χ0) is 13.1. The Labute approximate surface area is 114 Å². The Morgan fingerprint density at radius 2 is 1.89 bits per heavy atom. The minimum atomic E-state index is -0.230. The summed E-state index contributed by atoms with van der Waals surface area (Å²) in [4.78, 5) is 29.0. The molecule has 2 saturated carbocycles. The van der Waals surface area contributed by atoms with Crippen molar-refractivity contribution in [3.05, 3.63) is 0 Å². The third-order valence-corrected chi connectivity index (χ3v) is 5.91. The third kappa shape index (κ3) is 1.52. The molecule has 0 aromatic rings. The van der Waals surface area contributed by atoms with Gasteiger partial charge in [-0.25, -0.2) is 0 Å². The Kier molecular flexibility index (Phi) is 2.45. The molecule has 5 atom stereocenters. The second-order valence-electron chi connectivity index (χ2n) is 6.85. The third-order valence-electron chi connectivity index (χ3n) is 5.91. The van der Waals surface area contributed by atoms with E-state index < -0.39 is 0 Å². The lowest BCUT2D eigenvalue weighted by atomic mass is 9.91. The summed E-state index contributed by atoms with van der Waals surface area (Å²) in [5, 5.41) is 0. The van der Waals surface area contributed by atoms with Crippen molar-refractivity contribution in [2.75, 3.05) is 6.54 Å². The number of amides is 2. The van der Waals surface area contributed by atoms with E-state index in [-0.39, 0.29) is 23.9 Å². The van der Waals surface area contributed by atoms with Crippen LogP contribution in [0.4, 0.5) is 0 Å². The van der Waals surface area contributed by atoms with Gasteiger partial charge in [0.25, 0.3) is 0 Å². The molecule has 0 aromatic carbocycles. The molecule has 0 spiro atoms. The summed E-state index contributed by atoms with van der Waals surface area (Å²) >= 11 is 0. The van der Waals surface area contributed by atoms with E-state index in [0.29, 0.717) is 12.0 Å². The first kappa shape index (κ1) is 11.7. The van der Waals surface area contributed by atoms with Gasteiger partial charge in [0.1, 0.15) is 12.1 Å². The Morgan fingerprint density at radius 1 is 1.05 bits per heavy atom. The van der Waals surface area contributed by atoms with Gasteiger partial charge in [-0.15, -0.1) is 0 Å². The van der Waals surface area contributed by atoms with Gasteiger partial charge in [-0.2, -0.15) is 0 Å². The Hall–Kier alpha value is -1.06. The van der Waals surface area contributed by atoms with Crippen LogP contribution in [0.25, 0.3) is 0 Å². The molecule has 2 bridgehead atoms. The zero-order valence-electron chi connectivity index (χ0n) is 11.5. The quantitative estimate of drug-likeness (QED) is 0.716. The summed E-state index contributed by atoms with van der Waals surface area (Å²) in [6.07, 6.45) is 6.87. The smallest absolute Gasteiger partial charge is 0.246 e. The largest absolute Gasteiger partial charge is 0.329 e. The second kappa shape index (κ2) is 3.97. The van der Waals surface area contributed by atoms with Gasteiger partial charge in [-0.1, -0.05) is 6.42 Å². The number of nitrogens with zero attached hydrogens (tertiary/aromatic N) is 2. The van der Waals surface area contributed by atoms with Crippen LogP contribution in [0.1, 0.15) is 45.4 Å². The maximum Gasteiger partial charge on any atom is 0.246 e. The normalized spacial score (nSPS) is 45.2. The van der Waals surface area contributed by atoms with E-state index in [1.165, 1.54) is 19.3 Å². The van der Waals surface area contributed by atoms with E-state index in [9.17, 15) is 9.59 Å². The van der Waals surface area contributed by atoms with Gasteiger partial charge in [-0.3, -0.25) is 9.59 Å². The molecule has 104 valence electrons. The van der Waals surface area contributed by atoms with Crippen molar-refractivity contribution < 1.29 is 9.59 Å². The Morgan fingerprint density at radius 3 is 2.58 bits per heavy atom. The predicted octanol–water partition coefficient (Wildman–Crippen LogP) is 1.40. The van der Waals surface area contributed by atoms with E-state index in [1.807, 2.05) is 16.7 Å². The van der Waals surface area contributed by atoms with Crippen molar-refractivity contribution in [3.8, 4) is 0 Å². The minimum Gasteiger partial charge on any atom is -0.329 e. The summed E-state index contributed by atoms with van der Waals surface area (Å²) in [5.74, 6) is 1.90. The Balaban J connectivity index is 1.63. The lowest BCUT2D eigenvalue weighted by Gasteiger charge is -2.46. The zero-order valence-corrected chi connectivity index (χ0v) is 11.5. The molecule has 2 heterocycles. The van der Waals surface area contributed by atoms with E-state index in [0.717, 1.165) is 31.7 Å². The lowest BCUT2D eigenvalue weighted by Crippen LogP contribution is -2.65. The van der Waals surface area contributed by atoms with Crippen molar-refractivity contribution in [2.24, 2.45) is 11.8 Å². The van der Waals surface area contributed by atoms with Gasteiger partial charge >= 0.3 is 0 Å². The maximum absolute atomic E-state index is 12.8. The molecule has 2 saturated heterocycles. The van der Waals surface area contributed by atoms with E-state index in [4.69, 9.17) is 0 Å². The van der Waals surface area contributed by atoms with Crippen molar-refractivity contribution >= 4 is 11.8 Å². The number of hydrogen-bond acceptors (Lipinski definition) is 2. The number of carbonyl (C=O) groups excluding carboxylic acids is 2. The highest BCUT2D eigenvalue weighted by molar-refractivity contribution is 5.97.